The van der Waals surface area contributed by atoms with E-state index in [1.807, 2.05) is 84.9 Å². The van der Waals surface area contributed by atoms with Crippen LogP contribution in [-0.2, 0) is 0 Å². The van der Waals surface area contributed by atoms with Gasteiger partial charge in [0.15, 0.2) is 0 Å². The van der Waals surface area contributed by atoms with Crippen LogP contribution < -0.4 is 0 Å². The molecule has 0 saturated carbocycles. The average Bonchev–Trinajstić information content (AvgIpc) is 3.49. The van der Waals surface area contributed by atoms with Gasteiger partial charge in [0.2, 0.25) is 0 Å². The van der Waals surface area contributed by atoms with Crippen molar-refractivity contribution in [2.24, 2.45) is 0 Å². The van der Waals surface area contributed by atoms with Crippen molar-refractivity contribution in [1.82, 2.24) is 0 Å². The summed E-state index contributed by atoms with van der Waals surface area (Å²) in [4.78, 5) is 0. The molecule has 0 saturated heterocycles. The van der Waals surface area contributed by atoms with Gasteiger partial charge in [0.25, 0.3) is 0 Å². The minimum absolute atomic E-state index is 0.0621. The summed E-state index contributed by atoms with van der Waals surface area (Å²) >= 11 is 0. The number of furan rings is 1. The highest BCUT2D eigenvalue weighted by atomic mass is 16.3. The molecule has 0 aliphatic carbocycles. The van der Waals surface area contributed by atoms with Crippen LogP contribution in [0.3, 0.4) is 0 Å². The first-order valence-corrected chi connectivity index (χ1v) is 12.6. The fourth-order valence-electron chi connectivity index (χ4n) is 5.61. The molecule has 0 aliphatic heterocycles. The molecule has 0 spiro atoms. The maximum atomic E-state index is 9.24. The summed E-state index contributed by atoms with van der Waals surface area (Å²) in [5.41, 5.74) is 3.28. The van der Waals surface area contributed by atoms with E-state index in [1.165, 1.54) is 0 Å². The minimum atomic E-state index is -0.611. The summed E-state index contributed by atoms with van der Waals surface area (Å²) in [6.07, 6.45) is 0. The van der Waals surface area contributed by atoms with Gasteiger partial charge in [0, 0.05) is 10.8 Å². The molecule has 0 unspecified atom stereocenters. The van der Waals surface area contributed by atoms with Crippen molar-refractivity contribution in [2.75, 3.05) is 0 Å². The lowest BCUT2D eigenvalue weighted by Crippen LogP contribution is -1.91. The van der Waals surface area contributed by atoms with Gasteiger partial charge in [-0.3, -0.25) is 0 Å². The molecule has 182 valence electrons. The van der Waals surface area contributed by atoms with E-state index in [-0.39, 0.29) is 28.8 Å². The average molecular weight is 506 g/mol. The van der Waals surface area contributed by atoms with E-state index in [2.05, 4.69) is 6.07 Å². The first-order valence-electron chi connectivity index (χ1n) is 17.1. The van der Waals surface area contributed by atoms with Crippen LogP contribution in [0.1, 0.15) is 12.3 Å². The van der Waals surface area contributed by atoms with E-state index in [0.29, 0.717) is 16.3 Å². The number of rotatable bonds is 3. The molecule has 0 amide bonds. The zero-order valence-corrected chi connectivity index (χ0v) is 20.6. The molecule has 1 aromatic heterocycles. The van der Waals surface area contributed by atoms with E-state index >= 15 is 0 Å². The summed E-state index contributed by atoms with van der Waals surface area (Å²) in [6.45, 7) is 0. The van der Waals surface area contributed by atoms with Crippen molar-refractivity contribution in [3.05, 3.63) is 145 Å². The predicted octanol–water partition coefficient (Wildman–Crippen LogP) is 10.9. The van der Waals surface area contributed by atoms with Crippen LogP contribution in [0.2, 0.25) is 0 Å². The number of hydrogen-bond acceptors (Lipinski definition) is 1. The summed E-state index contributed by atoms with van der Waals surface area (Å²) in [5, 5.41) is 5.05. The molecule has 1 heterocycles. The zero-order valence-electron chi connectivity index (χ0n) is 29.6. The third-order valence-electron chi connectivity index (χ3n) is 7.23. The smallest absolute Gasteiger partial charge is 0.136 e. The third kappa shape index (κ3) is 3.41. The standard InChI is InChI=1S/C38H24O/c1-2-11-25(12-3-1)26-21-23-27(24-22-26)36-28-13-4-6-15-30(28)37(31-16-7-5-14-29(31)36)33-18-10-20-35-38(33)32-17-8-9-19-34(32)39-35/h1-24H/i1D,2D,3D,11D,12D,21D,22D,23D,24D. The highest BCUT2D eigenvalue weighted by Crippen LogP contribution is 2.46. The fraction of sp³-hybridized carbons (Fsp3) is 0. The molecule has 0 N–H and O–H groups in total. The van der Waals surface area contributed by atoms with E-state index in [9.17, 15) is 2.74 Å². The summed E-state index contributed by atoms with van der Waals surface area (Å²) < 4.78 is 84.0. The van der Waals surface area contributed by atoms with Crippen LogP contribution in [0.5, 0.6) is 0 Å². The van der Waals surface area contributed by atoms with Gasteiger partial charge in [-0.05, 0) is 67.1 Å². The van der Waals surface area contributed by atoms with Gasteiger partial charge >= 0.3 is 0 Å². The maximum Gasteiger partial charge on any atom is 0.136 e. The molecule has 1 heteroatoms. The van der Waals surface area contributed by atoms with Gasteiger partial charge in [-0.1, -0.05) is 133 Å². The molecule has 0 atom stereocenters. The molecule has 1 nitrogen and oxygen atoms in total. The largest absolute Gasteiger partial charge is 0.456 e. The van der Waals surface area contributed by atoms with E-state index < -0.39 is 42.3 Å². The topological polar surface area (TPSA) is 13.1 Å². The van der Waals surface area contributed by atoms with Gasteiger partial charge in [0.05, 0.1) is 12.3 Å². The van der Waals surface area contributed by atoms with Crippen molar-refractivity contribution < 1.29 is 16.8 Å². The Morgan fingerprint density at radius 3 is 1.59 bits per heavy atom. The Balaban J connectivity index is 1.50. The van der Waals surface area contributed by atoms with Crippen molar-refractivity contribution in [2.45, 2.75) is 0 Å². The number of hydrogen-bond donors (Lipinski definition) is 0. The van der Waals surface area contributed by atoms with Crippen LogP contribution in [0.4, 0.5) is 0 Å². The lowest BCUT2D eigenvalue weighted by molar-refractivity contribution is 0.669. The molecule has 0 bridgehead atoms. The van der Waals surface area contributed by atoms with Gasteiger partial charge < -0.3 is 4.42 Å². The van der Waals surface area contributed by atoms with Gasteiger partial charge in [-0.2, -0.15) is 0 Å². The highest BCUT2D eigenvalue weighted by molar-refractivity contribution is 6.25. The number of benzene rings is 7. The number of para-hydroxylation sites is 1. The quantitative estimate of drug-likeness (QED) is 0.218. The molecule has 8 rings (SSSR count). The summed E-state index contributed by atoms with van der Waals surface area (Å²) in [5.74, 6) is 0. The van der Waals surface area contributed by atoms with Crippen molar-refractivity contribution in [1.29, 1.82) is 0 Å². The molecule has 0 fully saturated rings. The Labute approximate surface area is 239 Å². The Bertz CT molecular complexity index is 2560. The second-order valence-corrected chi connectivity index (χ2v) is 9.37. The van der Waals surface area contributed by atoms with Crippen molar-refractivity contribution >= 4 is 43.5 Å². The molecule has 0 radical (unpaired) electrons. The Hall–Kier alpha value is -5.14. The van der Waals surface area contributed by atoms with Gasteiger partial charge in [-0.15, -0.1) is 0 Å². The maximum absolute atomic E-state index is 9.24. The zero-order chi connectivity index (χ0) is 33.6. The molecule has 7 aromatic carbocycles. The summed E-state index contributed by atoms with van der Waals surface area (Å²) in [6, 6.07) is 24.5. The van der Waals surface area contributed by atoms with Crippen LogP contribution in [0.25, 0.3) is 76.9 Å². The SMILES string of the molecule is [2H]c1c([2H])c([2H])c(-c2c([2H])c([2H])c(-c3c4ccccc4c(-c4cccc5oc6ccccc6c45)c4ccccc34)c([2H])c2[2H])c([2H])c1[2H]. The normalized spacial score (nSPS) is 14.8. The van der Waals surface area contributed by atoms with Crippen LogP contribution >= 0.6 is 0 Å². The number of fused-ring (bicyclic) bond motifs is 5. The van der Waals surface area contributed by atoms with Crippen LogP contribution in [-0.4, -0.2) is 0 Å². The highest BCUT2D eigenvalue weighted by Gasteiger charge is 2.19. The Morgan fingerprint density at radius 1 is 0.410 bits per heavy atom. The van der Waals surface area contributed by atoms with E-state index in [1.54, 1.807) is 0 Å². The predicted molar refractivity (Wildman–Crippen MR) is 165 cm³/mol. The fourth-order valence-corrected chi connectivity index (χ4v) is 5.61. The van der Waals surface area contributed by atoms with Crippen molar-refractivity contribution in [3.63, 3.8) is 0 Å². The lowest BCUT2D eigenvalue weighted by atomic mass is 9.84. The molecule has 0 aliphatic rings. The summed E-state index contributed by atoms with van der Waals surface area (Å²) in [7, 11) is 0. The Morgan fingerprint density at radius 2 is 0.923 bits per heavy atom. The Kier molecular flexibility index (Phi) is 3.29. The second-order valence-electron chi connectivity index (χ2n) is 9.37. The van der Waals surface area contributed by atoms with Gasteiger partial charge in [0.1, 0.15) is 11.2 Å². The second kappa shape index (κ2) is 8.72. The van der Waals surface area contributed by atoms with Gasteiger partial charge in [-0.25, -0.2) is 0 Å². The van der Waals surface area contributed by atoms with Crippen molar-refractivity contribution in [3.8, 4) is 33.4 Å². The molecular formula is C38H24O. The minimum Gasteiger partial charge on any atom is -0.456 e. The molecule has 8 aromatic rings. The molecule has 39 heavy (non-hydrogen) atoms. The third-order valence-corrected chi connectivity index (χ3v) is 7.23. The van der Waals surface area contributed by atoms with E-state index in [4.69, 9.17) is 14.0 Å². The van der Waals surface area contributed by atoms with E-state index in [0.717, 1.165) is 43.8 Å². The first-order chi connectivity index (χ1) is 23.1. The van der Waals surface area contributed by atoms with Crippen LogP contribution in [0, 0.1) is 0 Å². The lowest BCUT2D eigenvalue weighted by Gasteiger charge is -2.18. The van der Waals surface area contributed by atoms with Crippen LogP contribution in [0.15, 0.2) is 150 Å². The molecular weight excluding hydrogens is 472 g/mol. The monoisotopic (exact) mass is 505 g/mol. The first kappa shape index (κ1) is 14.7.